The number of fused-ring (bicyclic) bond motifs is 1. The fourth-order valence-corrected chi connectivity index (χ4v) is 7.90. The Bertz CT molecular complexity index is 1130. The first-order valence-corrected chi connectivity index (χ1v) is 14.8. The third-order valence-corrected chi connectivity index (χ3v) is 9.21. The zero-order valence-corrected chi connectivity index (χ0v) is 24.9. The van der Waals surface area contributed by atoms with Gasteiger partial charge in [0.2, 0.25) is 11.8 Å². The van der Waals surface area contributed by atoms with Gasteiger partial charge in [0.05, 0.1) is 28.6 Å². The van der Waals surface area contributed by atoms with Crippen LogP contribution in [0.3, 0.4) is 0 Å². The summed E-state index contributed by atoms with van der Waals surface area (Å²) in [5, 5.41) is 10.0. The van der Waals surface area contributed by atoms with Crippen molar-refractivity contribution in [2.24, 2.45) is 11.8 Å². The van der Waals surface area contributed by atoms with Crippen molar-refractivity contribution in [3.8, 4) is 0 Å². The highest BCUT2D eigenvalue weighted by Gasteiger charge is 2.76. The van der Waals surface area contributed by atoms with Crippen LogP contribution in [0.1, 0.15) is 31.7 Å². The molecular formula is C29H37BrClN3O5. The number of carbonyl (C=O) groups is 3. The summed E-state index contributed by atoms with van der Waals surface area (Å²) < 4.78 is 6.62. The molecule has 3 unspecified atom stereocenters. The number of hydrogen-bond donors (Lipinski definition) is 1. The molecule has 3 amide bonds. The van der Waals surface area contributed by atoms with Gasteiger partial charge in [0.15, 0.2) is 0 Å². The number of nitrogens with zero attached hydrogens (tertiary/aromatic N) is 3. The molecule has 1 aromatic carbocycles. The molecule has 0 saturated carbocycles. The number of likely N-dealkylation sites (tertiary alicyclic amines) is 1. The van der Waals surface area contributed by atoms with Crippen molar-refractivity contribution in [1.82, 2.24) is 9.80 Å². The molecule has 3 fully saturated rings. The Morgan fingerprint density at radius 2 is 2.00 bits per heavy atom. The van der Waals surface area contributed by atoms with E-state index in [1.807, 2.05) is 26.0 Å². The number of amides is 3. The standard InChI is InChI=1S/C29H37BrClN3O5/c1-5-12-32(13-6-2)26(36)21-22-27(37)34(15-9-16-35)25(29(22)17-19(30)24(21)39-29)28(38)33(14-7-3)23-18(4)10-8-11-20(23)31/h5,7-8,10-11,19,21-22,24-25,35H,1,3,6,9,12-17H2,2,4H3/t19?,21-,22-,24-,25?,29?/m0/s1. The van der Waals surface area contributed by atoms with Gasteiger partial charge in [-0.15, -0.1) is 13.2 Å². The monoisotopic (exact) mass is 621 g/mol. The molecule has 212 valence electrons. The summed E-state index contributed by atoms with van der Waals surface area (Å²) >= 11 is 10.3. The molecule has 0 aliphatic carbocycles. The van der Waals surface area contributed by atoms with Crippen LogP contribution in [0.15, 0.2) is 43.5 Å². The third kappa shape index (κ3) is 4.96. The van der Waals surface area contributed by atoms with Crippen LogP contribution in [0.4, 0.5) is 5.69 Å². The van der Waals surface area contributed by atoms with Crippen LogP contribution in [0.2, 0.25) is 5.02 Å². The predicted octanol–water partition coefficient (Wildman–Crippen LogP) is 3.72. The molecule has 1 N–H and O–H groups in total. The average molecular weight is 623 g/mol. The van der Waals surface area contributed by atoms with E-state index in [1.54, 1.807) is 28.0 Å². The summed E-state index contributed by atoms with van der Waals surface area (Å²) in [6.07, 6.45) is 4.22. The highest BCUT2D eigenvalue weighted by molar-refractivity contribution is 9.09. The topological polar surface area (TPSA) is 90.4 Å². The zero-order valence-electron chi connectivity index (χ0n) is 22.5. The minimum atomic E-state index is -1.19. The Kier molecular flexibility index (Phi) is 9.26. The number of carbonyl (C=O) groups excluding carboxylic acids is 3. The number of rotatable bonds is 12. The van der Waals surface area contributed by atoms with Crippen molar-refractivity contribution in [1.29, 1.82) is 0 Å². The normalized spacial score (nSPS) is 28.9. The maximum absolute atomic E-state index is 14.6. The van der Waals surface area contributed by atoms with E-state index < -0.39 is 29.6 Å². The van der Waals surface area contributed by atoms with E-state index in [9.17, 15) is 19.5 Å². The minimum Gasteiger partial charge on any atom is -0.396 e. The third-order valence-electron chi connectivity index (χ3n) is 8.06. The van der Waals surface area contributed by atoms with E-state index >= 15 is 0 Å². The van der Waals surface area contributed by atoms with E-state index in [0.29, 0.717) is 36.6 Å². The van der Waals surface area contributed by atoms with E-state index in [0.717, 1.165) is 12.0 Å². The van der Waals surface area contributed by atoms with Crippen LogP contribution >= 0.6 is 27.5 Å². The Hall–Kier alpha value is -2.20. The van der Waals surface area contributed by atoms with E-state index in [4.69, 9.17) is 16.3 Å². The maximum Gasteiger partial charge on any atom is 0.253 e. The highest BCUT2D eigenvalue weighted by atomic mass is 79.9. The molecule has 4 rings (SSSR count). The van der Waals surface area contributed by atoms with Crippen LogP contribution in [-0.2, 0) is 19.1 Å². The number of aryl methyl sites for hydroxylation is 1. The number of anilines is 1. The second kappa shape index (κ2) is 12.1. The number of hydrogen-bond acceptors (Lipinski definition) is 5. The lowest BCUT2D eigenvalue weighted by molar-refractivity contribution is -0.145. The number of aliphatic hydroxyl groups excluding tert-OH is 1. The molecule has 8 nitrogen and oxygen atoms in total. The Morgan fingerprint density at radius 1 is 1.28 bits per heavy atom. The Morgan fingerprint density at radius 3 is 2.62 bits per heavy atom. The fraction of sp³-hybridized carbons (Fsp3) is 0.552. The van der Waals surface area contributed by atoms with Gasteiger partial charge in [-0.1, -0.05) is 58.7 Å². The lowest BCUT2D eigenvalue weighted by Crippen LogP contribution is -2.57. The van der Waals surface area contributed by atoms with Crippen LogP contribution in [0.5, 0.6) is 0 Å². The molecule has 1 spiro atoms. The smallest absolute Gasteiger partial charge is 0.253 e. The van der Waals surface area contributed by atoms with E-state index in [2.05, 4.69) is 29.1 Å². The minimum absolute atomic E-state index is 0.140. The first kappa shape index (κ1) is 29.8. The summed E-state index contributed by atoms with van der Waals surface area (Å²) in [5.41, 5.74) is 0.165. The molecule has 1 aromatic rings. The molecule has 0 radical (unpaired) electrons. The van der Waals surface area contributed by atoms with Crippen LogP contribution < -0.4 is 4.90 Å². The molecule has 6 atom stereocenters. The molecule has 10 heteroatoms. The van der Waals surface area contributed by atoms with Gasteiger partial charge >= 0.3 is 0 Å². The summed E-state index contributed by atoms with van der Waals surface area (Å²) in [6.45, 7) is 12.6. The predicted molar refractivity (Wildman–Crippen MR) is 155 cm³/mol. The van der Waals surface area contributed by atoms with Crippen LogP contribution in [0.25, 0.3) is 0 Å². The van der Waals surface area contributed by atoms with Gasteiger partial charge in [-0.2, -0.15) is 0 Å². The van der Waals surface area contributed by atoms with Crippen LogP contribution in [0, 0.1) is 18.8 Å². The summed E-state index contributed by atoms with van der Waals surface area (Å²) in [4.78, 5) is 47.2. The van der Waals surface area contributed by atoms with Crippen molar-refractivity contribution in [2.45, 2.75) is 55.7 Å². The van der Waals surface area contributed by atoms with Gasteiger partial charge in [-0.3, -0.25) is 14.4 Å². The second-order valence-electron chi connectivity index (χ2n) is 10.5. The molecular weight excluding hydrogens is 586 g/mol. The number of benzene rings is 1. The van der Waals surface area contributed by atoms with Crippen molar-refractivity contribution in [3.63, 3.8) is 0 Å². The van der Waals surface area contributed by atoms with Crippen molar-refractivity contribution < 1.29 is 24.2 Å². The molecule has 2 bridgehead atoms. The highest BCUT2D eigenvalue weighted by Crippen LogP contribution is 2.60. The van der Waals surface area contributed by atoms with Gasteiger partial charge in [0.1, 0.15) is 11.6 Å². The van der Waals surface area contributed by atoms with Crippen molar-refractivity contribution >= 4 is 50.9 Å². The first-order chi connectivity index (χ1) is 18.7. The van der Waals surface area contributed by atoms with Gasteiger partial charge in [0.25, 0.3) is 5.91 Å². The van der Waals surface area contributed by atoms with Gasteiger partial charge in [-0.05, 0) is 37.8 Å². The Balaban J connectivity index is 1.81. The number of aliphatic hydroxyl groups is 1. The molecule has 3 aliphatic heterocycles. The SMILES string of the molecule is C=CCN(CCC)C(=O)[C@H]1[C@H]2C(=O)N(CCCO)C(C(=O)N(CC=C)c3c(C)cccc3Cl)C23CC(Br)[C@@H]1O3. The lowest BCUT2D eigenvalue weighted by Gasteiger charge is -2.38. The fourth-order valence-electron chi connectivity index (χ4n) is 6.63. The Labute approximate surface area is 243 Å². The second-order valence-corrected chi connectivity index (χ2v) is 12.1. The number of halogens is 2. The average Bonchev–Trinajstić information content (AvgIpc) is 3.49. The zero-order chi connectivity index (χ0) is 28.5. The van der Waals surface area contributed by atoms with Crippen molar-refractivity contribution in [3.05, 3.63) is 54.1 Å². The van der Waals surface area contributed by atoms with Crippen LogP contribution in [-0.4, -0.2) is 88.0 Å². The van der Waals surface area contributed by atoms with E-state index in [-0.39, 0.29) is 42.2 Å². The van der Waals surface area contributed by atoms with Gasteiger partial charge < -0.3 is 24.5 Å². The number of para-hydroxylation sites is 1. The summed E-state index contributed by atoms with van der Waals surface area (Å²) in [6, 6.07) is 4.43. The first-order valence-electron chi connectivity index (χ1n) is 13.5. The molecule has 3 saturated heterocycles. The molecule has 0 aromatic heterocycles. The summed E-state index contributed by atoms with van der Waals surface area (Å²) in [7, 11) is 0. The largest absolute Gasteiger partial charge is 0.396 e. The lowest BCUT2D eigenvalue weighted by atomic mass is 9.70. The van der Waals surface area contributed by atoms with E-state index in [1.165, 1.54) is 4.90 Å². The molecule has 3 heterocycles. The van der Waals surface area contributed by atoms with Crippen molar-refractivity contribution in [2.75, 3.05) is 37.7 Å². The molecule has 39 heavy (non-hydrogen) atoms. The molecule has 3 aliphatic rings. The van der Waals surface area contributed by atoms with Gasteiger partial charge in [0, 0.05) is 37.6 Å². The number of alkyl halides is 1. The number of ether oxygens (including phenoxy) is 1. The van der Waals surface area contributed by atoms with Gasteiger partial charge in [-0.25, -0.2) is 0 Å². The maximum atomic E-state index is 14.6. The quantitative estimate of drug-likeness (QED) is 0.284. The summed E-state index contributed by atoms with van der Waals surface area (Å²) in [5.74, 6) is -2.33.